The summed E-state index contributed by atoms with van der Waals surface area (Å²) in [6.45, 7) is 4.06. The van der Waals surface area contributed by atoms with Gasteiger partial charge in [0, 0.05) is 29.5 Å². The van der Waals surface area contributed by atoms with Crippen LogP contribution in [0.5, 0.6) is 0 Å². The number of anilines is 1. The largest absolute Gasteiger partial charge is 0.328 e. The lowest BCUT2D eigenvalue weighted by atomic mass is 10.1. The van der Waals surface area contributed by atoms with E-state index in [9.17, 15) is 9.59 Å². The lowest BCUT2D eigenvalue weighted by Crippen LogP contribution is -2.17. The van der Waals surface area contributed by atoms with Crippen molar-refractivity contribution >= 4 is 57.4 Å². The maximum atomic E-state index is 13.2. The van der Waals surface area contributed by atoms with Gasteiger partial charge in [0.05, 0.1) is 22.1 Å². The van der Waals surface area contributed by atoms with Crippen LogP contribution in [0.25, 0.3) is 16.7 Å². The predicted molar refractivity (Wildman–Crippen MR) is 149 cm³/mol. The summed E-state index contributed by atoms with van der Waals surface area (Å²) in [4.78, 5) is 37.0. The molecule has 5 aromatic rings. The zero-order chi connectivity index (χ0) is 27.0. The summed E-state index contributed by atoms with van der Waals surface area (Å²) >= 11 is 19.1. The molecule has 1 amide bonds. The van der Waals surface area contributed by atoms with Crippen molar-refractivity contribution in [3.05, 3.63) is 97.6 Å². The number of hydrogen-bond acceptors (Lipinski definition) is 5. The monoisotopic (exact) mass is 569 g/mol. The van der Waals surface area contributed by atoms with Gasteiger partial charge in [0.15, 0.2) is 5.65 Å². The first-order valence-corrected chi connectivity index (χ1v) is 12.8. The van der Waals surface area contributed by atoms with Crippen molar-refractivity contribution in [2.45, 2.75) is 32.7 Å². The van der Waals surface area contributed by atoms with Crippen LogP contribution >= 0.6 is 34.8 Å². The van der Waals surface area contributed by atoms with Crippen molar-refractivity contribution < 1.29 is 4.79 Å². The summed E-state index contributed by atoms with van der Waals surface area (Å²) in [5, 5.41) is 8.85. The zero-order valence-electron chi connectivity index (χ0n) is 20.4. The Kier molecular flexibility index (Phi) is 7.25. The van der Waals surface area contributed by atoms with E-state index in [1.807, 2.05) is 26.0 Å². The van der Waals surface area contributed by atoms with E-state index in [1.54, 1.807) is 47.6 Å². The molecule has 194 valence electrons. The van der Waals surface area contributed by atoms with Crippen LogP contribution in [0, 0.1) is 0 Å². The number of nitrogens with one attached hydrogen (secondary N) is 2. The number of imidazole rings is 1. The highest BCUT2D eigenvalue weighted by atomic mass is 35.5. The van der Waals surface area contributed by atoms with Gasteiger partial charge in [-0.1, -0.05) is 60.8 Å². The second-order valence-corrected chi connectivity index (χ2v) is 10.3. The number of H-pyrrole nitrogens is 1. The van der Waals surface area contributed by atoms with Crippen molar-refractivity contribution in [1.82, 2.24) is 29.3 Å². The predicted octanol–water partition coefficient (Wildman–Crippen LogP) is 5.62. The van der Waals surface area contributed by atoms with Gasteiger partial charge in [-0.2, -0.15) is 5.10 Å². The molecule has 0 aliphatic rings. The number of carbonyl (C=O) groups excluding carboxylic acids is 1. The summed E-state index contributed by atoms with van der Waals surface area (Å²) in [5.74, 6) is 0.229. The minimum absolute atomic E-state index is 0.0473. The Morgan fingerprint density at radius 2 is 1.82 bits per heavy atom. The maximum absolute atomic E-state index is 13.2. The topological polar surface area (TPSA) is 110 Å². The fourth-order valence-corrected chi connectivity index (χ4v) is 5.10. The number of rotatable bonds is 7. The third-order valence-electron chi connectivity index (χ3n) is 5.85. The molecular formula is C26H22Cl3N7O2. The first-order valence-electron chi connectivity index (χ1n) is 11.7. The molecule has 0 aliphatic carbocycles. The Balaban J connectivity index is 1.46. The number of fused-ring (bicyclic) bond motifs is 1. The lowest BCUT2D eigenvalue weighted by Gasteiger charge is -2.10. The molecule has 0 aliphatic heterocycles. The average molecular weight is 571 g/mol. The van der Waals surface area contributed by atoms with E-state index in [0.29, 0.717) is 45.4 Å². The SMILES string of the molecule is CC(C)c1nn(-c2c(Cl)cc(Cl)cc2Cl)c2nc(Cc3ccc(NC(=O)Cn4ccnc4)cc3)[nH]c(=O)c12. The number of halogens is 3. The Morgan fingerprint density at radius 3 is 2.45 bits per heavy atom. The molecule has 0 unspecified atom stereocenters. The Labute approximate surface area is 232 Å². The number of amides is 1. The van der Waals surface area contributed by atoms with Gasteiger partial charge in [0.2, 0.25) is 5.91 Å². The molecule has 5 rings (SSSR count). The molecule has 3 heterocycles. The number of nitrogens with zero attached hydrogens (tertiary/aromatic N) is 5. The van der Waals surface area contributed by atoms with E-state index < -0.39 is 0 Å². The van der Waals surface area contributed by atoms with E-state index in [0.717, 1.165) is 5.56 Å². The molecule has 9 nitrogen and oxygen atoms in total. The molecule has 0 saturated carbocycles. The molecule has 12 heteroatoms. The molecule has 2 N–H and O–H groups in total. The molecule has 0 atom stereocenters. The molecule has 0 radical (unpaired) electrons. The molecule has 0 fully saturated rings. The highest BCUT2D eigenvalue weighted by molar-refractivity contribution is 6.40. The molecule has 0 bridgehead atoms. The van der Waals surface area contributed by atoms with Crippen LogP contribution in [0.15, 0.2) is 59.9 Å². The number of carbonyl (C=O) groups is 1. The van der Waals surface area contributed by atoms with E-state index in [1.165, 1.54) is 4.68 Å². The van der Waals surface area contributed by atoms with Crippen molar-refractivity contribution in [2.24, 2.45) is 0 Å². The highest BCUT2D eigenvalue weighted by Gasteiger charge is 2.23. The number of aromatic amines is 1. The van der Waals surface area contributed by atoms with Crippen LogP contribution in [-0.2, 0) is 17.8 Å². The van der Waals surface area contributed by atoms with Crippen molar-refractivity contribution in [3.63, 3.8) is 0 Å². The summed E-state index contributed by atoms with van der Waals surface area (Å²) < 4.78 is 3.19. The fourth-order valence-electron chi connectivity index (χ4n) is 4.12. The van der Waals surface area contributed by atoms with Gasteiger partial charge < -0.3 is 14.9 Å². The number of benzene rings is 2. The first-order chi connectivity index (χ1) is 18.2. The van der Waals surface area contributed by atoms with E-state index in [2.05, 4.69) is 20.4 Å². The third-order valence-corrected chi connectivity index (χ3v) is 6.64. The van der Waals surface area contributed by atoms with Crippen LogP contribution in [0.3, 0.4) is 0 Å². The second kappa shape index (κ2) is 10.6. The second-order valence-electron chi connectivity index (χ2n) is 9.04. The van der Waals surface area contributed by atoms with Crippen LogP contribution in [0.2, 0.25) is 15.1 Å². The van der Waals surface area contributed by atoms with E-state index in [-0.39, 0.29) is 34.0 Å². The standard InChI is InChI=1S/C26H22Cl3N7O2/c1-14(2)23-22-25(36(34-23)24-18(28)10-16(27)11-19(24)29)32-20(33-26(22)38)9-15-3-5-17(6-4-15)31-21(37)12-35-8-7-30-13-35/h3-8,10-11,13-14H,9,12H2,1-2H3,(H,31,37)(H,32,33,38). The van der Waals surface area contributed by atoms with Gasteiger partial charge in [-0.05, 0) is 35.7 Å². The normalized spacial score (nSPS) is 11.4. The van der Waals surface area contributed by atoms with Crippen molar-refractivity contribution in [2.75, 3.05) is 5.32 Å². The molecule has 0 spiro atoms. The van der Waals surface area contributed by atoms with Crippen LogP contribution < -0.4 is 10.9 Å². The first kappa shape index (κ1) is 26.0. The van der Waals surface area contributed by atoms with Crippen LogP contribution in [0.1, 0.15) is 36.8 Å². The Hall–Kier alpha value is -3.66. The zero-order valence-corrected chi connectivity index (χ0v) is 22.6. The van der Waals surface area contributed by atoms with Gasteiger partial charge in [-0.25, -0.2) is 14.6 Å². The number of aromatic nitrogens is 6. The van der Waals surface area contributed by atoms with Crippen LogP contribution in [-0.4, -0.2) is 35.2 Å². The summed E-state index contributed by atoms with van der Waals surface area (Å²) in [5.41, 5.74) is 2.57. The van der Waals surface area contributed by atoms with Crippen molar-refractivity contribution in [1.29, 1.82) is 0 Å². The maximum Gasteiger partial charge on any atom is 0.262 e. The molecule has 3 aromatic heterocycles. The highest BCUT2D eigenvalue weighted by Crippen LogP contribution is 2.34. The Bertz CT molecular complexity index is 1670. The summed E-state index contributed by atoms with van der Waals surface area (Å²) in [7, 11) is 0. The fraction of sp³-hybridized carbons (Fsp3) is 0.192. The minimum Gasteiger partial charge on any atom is -0.328 e. The van der Waals surface area contributed by atoms with Gasteiger partial charge in [-0.15, -0.1) is 0 Å². The smallest absolute Gasteiger partial charge is 0.262 e. The van der Waals surface area contributed by atoms with Gasteiger partial charge in [0.25, 0.3) is 5.56 Å². The molecule has 2 aromatic carbocycles. The minimum atomic E-state index is -0.301. The third kappa shape index (κ3) is 5.31. The van der Waals surface area contributed by atoms with E-state index in [4.69, 9.17) is 39.8 Å². The van der Waals surface area contributed by atoms with Crippen LogP contribution in [0.4, 0.5) is 5.69 Å². The van der Waals surface area contributed by atoms with Gasteiger partial charge >= 0.3 is 0 Å². The average Bonchev–Trinajstić information content (AvgIpc) is 3.48. The number of hydrogen-bond donors (Lipinski definition) is 2. The molecular weight excluding hydrogens is 549 g/mol. The Morgan fingerprint density at radius 1 is 1.11 bits per heavy atom. The van der Waals surface area contributed by atoms with E-state index >= 15 is 0 Å². The van der Waals surface area contributed by atoms with Gasteiger partial charge in [0.1, 0.15) is 23.4 Å². The molecule has 0 saturated heterocycles. The van der Waals surface area contributed by atoms with Gasteiger partial charge in [-0.3, -0.25) is 9.59 Å². The quantitative estimate of drug-likeness (QED) is 0.264. The summed E-state index contributed by atoms with van der Waals surface area (Å²) in [6.07, 6.45) is 5.27. The lowest BCUT2D eigenvalue weighted by molar-refractivity contribution is -0.116. The van der Waals surface area contributed by atoms with Crippen molar-refractivity contribution in [3.8, 4) is 5.69 Å². The summed E-state index contributed by atoms with van der Waals surface area (Å²) in [6, 6.07) is 10.5. The molecule has 38 heavy (non-hydrogen) atoms.